The van der Waals surface area contributed by atoms with Crippen LogP contribution in [0.2, 0.25) is 0 Å². The number of piperidine rings is 2. The minimum atomic E-state index is -0.133. The fraction of sp³-hybridized carbons (Fsp3) is 0.405. The number of methoxy groups -OCH3 is 2. The number of benzene rings is 3. The molecule has 0 saturated carbocycles. The number of hydrogen-bond acceptors (Lipinski definition) is 8. The molecule has 0 bridgehead atoms. The minimum absolute atomic E-state index is 0.131. The number of nitrogens with zero attached hydrogens (tertiary/aromatic N) is 3. The highest BCUT2D eigenvalue weighted by atomic mass is 16.5. The second-order valence-electron chi connectivity index (χ2n) is 12.8. The summed E-state index contributed by atoms with van der Waals surface area (Å²) in [6, 6.07) is 21.7. The first-order valence-electron chi connectivity index (χ1n) is 17.1. The van der Waals surface area contributed by atoms with Crippen LogP contribution in [0.3, 0.4) is 0 Å². The number of carbonyl (C=O) groups excluding carboxylic acids is 2. The number of H-pyrrole nitrogens is 2. The van der Waals surface area contributed by atoms with Gasteiger partial charge in [0.1, 0.15) is 11.5 Å². The summed E-state index contributed by atoms with van der Waals surface area (Å²) in [5.74, 6) is 2.23. The standard InChI is InChI=1S/C22H26N4O2.C15H20N4O2/c1-28-18-7-8-20-19(13-18)21(25-24-20)22(27)23-14-16-9-11-26(12-10-16)15-17-5-3-2-4-6-17;1-21-11-2-3-13-12(8-11)14(19-18-13)15(20)17-9-10-4-6-16-7-5-10/h2-8,13,16H,9-12,14-15H2,1H3,(H,23,27)(H,24,25);2-3,8,10,16H,4-7,9H2,1H3,(H,17,20)(H,18,19). The molecule has 7 rings (SSSR count). The molecule has 2 fully saturated rings. The van der Waals surface area contributed by atoms with Crippen molar-refractivity contribution in [1.82, 2.24) is 41.2 Å². The van der Waals surface area contributed by atoms with Crippen LogP contribution in [-0.2, 0) is 6.54 Å². The van der Waals surface area contributed by atoms with E-state index in [2.05, 4.69) is 71.6 Å². The number of amides is 2. The third-order valence-electron chi connectivity index (χ3n) is 9.49. The minimum Gasteiger partial charge on any atom is -0.497 e. The Hall–Kier alpha value is -4.94. The van der Waals surface area contributed by atoms with Gasteiger partial charge in [0.05, 0.1) is 25.3 Å². The van der Waals surface area contributed by atoms with E-state index < -0.39 is 0 Å². The Kier molecular flexibility index (Phi) is 11.4. The maximum atomic E-state index is 12.6. The molecule has 0 atom stereocenters. The Morgan fingerprint density at radius 2 is 1.24 bits per heavy atom. The van der Waals surface area contributed by atoms with E-state index in [0.29, 0.717) is 42.1 Å². The molecule has 4 heterocycles. The van der Waals surface area contributed by atoms with Gasteiger partial charge in [0.15, 0.2) is 11.4 Å². The molecule has 49 heavy (non-hydrogen) atoms. The Morgan fingerprint density at radius 1 is 0.735 bits per heavy atom. The van der Waals surface area contributed by atoms with E-state index in [9.17, 15) is 9.59 Å². The van der Waals surface area contributed by atoms with Gasteiger partial charge in [-0.2, -0.15) is 10.2 Å². The van der Waals surface area contributed by atoms with Crippen LogP contribution < -0.4 is 25.4 Å². The molecule has 2 aliphatic heterocycles. The first-order chi connectivity index (χ1) is 24.0. The molecule has 0 radical (unpaired) electrons. The second-order valence-corrected chi connectivity index (χ2v) is 12.8. The van der Waals surface area contributed by atoms with Crippen molar-refractivity contribution < 1.29 is 19.1 Å². The number of hydrogen-bond donors (Lipinski definition) is 5. The zero-order valence-electron chi connectivity index (χ0n) is 28.3. The van der Waals surface area contributed by atoms with Crippen molar-refractivity contribution in [1.29, 1.82) is 0 Å². The van der Waals surface area contributed by atoms with Gasteiger partial charge in [-0.25, -0.2) is 0 Å². The Morgan fingerprint density at radius 3 is 1.76 bits per heavy atom. The highest BCUT2D eigenvalue weighted by Crippen LogP contribution is 2.24. The van der Waals surface area contributed by atoms with Crippen LogP contribution in [-0.4, -0.2) is 90.6 Å². The SMILES string of the molecule is COc1ccc2[nH]nc(C(=O)NCC3CCN(Cc4ccccc4)CC3)c2c1.COc1ccc2[nH]nc(C(=O)NCC3CCNCC3)c2c1. The number of aromatic amines is 2. The first-order valence-corrected chi connectivity index (χ1v) is 17.1. The number of rotatable bonds is 10. The predicted molar refractivity (Wildman–Crippen MR) is 190 cm³/mol. The van der Waals surface area contributed by atoms with Gasteiger partial charge in [0.2, 0.25) is 0 Å². The number of fused-ring (bicyclic) bond motifs is 2. The molecule has 2 aromatic heterocycles. The summed E-state index contributed by atoms with van der Waals surface area (Å²) in [6.45, 7) is 6.60. The Labute approximate surface area is 286 Å². The zero-order chi connectivity index (χ0) is 34.0. The summed E-state index contributed by atoms with van der Waals surface area (Å²) in [6.07, 6.45) is 4.41. The molecular formula is C37H46N8O4. The second kappa shape index (κ2) is 16.4. The van der Waals surface area contributed by atoms with Crippen molar-refractivity contribution in [2.75, 3.05) is 53.5 Å². The lowest BCUT2D eigenvalue weighted by Gasteiger charge is -2.32. The Balaban J connectivity index is 0.000000177. The van der Waals surface area contributed by atoms with Crippen LogP contribution in [0.15, 0.2) is 66.7 Å². The van der Waals surface area contributed by atoms with Gasteiger partial charge in [-0.1, -0.05) is 30.3 Å². The highest BCUT2D eigenvalue weighted by molar-refractivity contribution is 6.05. The predicted octanol–water partition coefficient (Wildman–Crippen LogP) is 4.51. The van der Waals surface area contributed by atoms with Gasteiger partial charge in [-0.05, 0) is 106 Å². The van der Waals surface area contributed by atoms with Gasteiger partial charge < -0.3 is 25.4 Å². The van der Waals surface area contributed by atoms with Crippen molar-refractivity contribution in [3.63, 3.8) is 0 Å². The molecule has 0 unspecified atom stereocenters. The lowest BCUT2D eigenvalue weighted by Crippen LogP contribution is -2.38. The average molecular weight is 667 g/mol. The summed E-state index contributed by atoms with van der Waals surface area (Å²) < 4.78 is 10.5. The molecule has 12 nitrogen and oxygen atoms in total. The van der Waals surface area contributed by atoms with E-state index in [-0.39, 0.29) is 11.8 Å². The topological polar surface area (TPSA) is 149 Å². The number of carbonyl (C=O) groups is 2. The zero-order valence-corrected chi connectivity index (χ0v) is 28.3. The molecule has 5 aromatic rings. The van der Waals surface area contributed by atoms with Crippen molar-refractivity contribution >= 4 is 33.6 Å². The van der Waals surface area contributed by atoms with Crippen molar-refractivity contribution in [3.8, 4) is 11.5 Å². The third-order valence-corrected chi connectivity index (χ3v) is 9.49. The van der Waals surface area contributed by atoms with Gasteiger partial charge in [0, 0.05) is 30.4 Å². The monoisotopic (exact) mass is 666 g/mol. The number of nitrogens with one attached hydrogen (secondary N) is 5. The summed E-state index contributed by atoms with van der Waals surface area (Å²) in [4.78, 5) is 27.4. The first kappa shape index (κ1) is 33.9. The third kappa shape index (κ3) is 8.76. The number of likely N-dealkylation sites (tertiary alicyclic amines) is 1. The van der Waals surface area contributed by atoms with Crippen LogP contribution in [0, 0.1) is 11.8 Å². The fourth-order valence-corrected chi connectivity index (χ4v) is 6.50. The highest BCUT2D eigenvalue weighted by Gasteiger charge is 2.22. The van der Waals surface area contributed by atoms with Gasteiger partial charge >= 0.3 is 0 Å². The number of ether oxygens (including phenoxy) is 2. The van der Waals surface area contributed by atoms with Crippen LogP contribution in [0.5, 0.6) is 11.5 Å². The van der Waals surface area contributed by atoms with Crippen LogP contribution >= 0.6 is 0 Å². The molecule has 2 aliphatic rings. The van der Waals surface area contributed by atoms with Crippen LogP contribution in [0.4, 0.5) is 0 Å². The molecule has 3 aromatic carbocycles. The number of aromatic nitrogens is 4. The molecule has 0 aliphatic carbocycles. The smallest absolute Gasteiger partial charge is 0.272 e. The molecule has 2 saturated heterocycles. The van der Waals surface area contributed by atoms with E-state index in [0.717, 1.165) is 86.0 Å². The van der Waals surface area contributed by atoms with Gasteiger partial charge in [-0.3, -0.25) is 24.7 Å². The summed E-state index contributed by atoms with van der Waals surface area (Å²) in [5, 5.41) is 25.1. The maximum Gasteiger partial charge on any atom is 0.272 e. The fourth-order valence-electron chi connectivity index (χ4n) is 6.50. The average Bonchev–Trinajstić information content (AvgIpc) is 3.78. The van der Waals surface area contributed by atoms with Crippen molar-refractivity contribution in [2.24, 2.45) is 11.8 Å². The Bertz CT molecular complexity index is 1820. The van der Waals surface area contributed by atoms with Crippen LogP contribution in [0.25, 0.3) is 21.8 Å². The maximum absolute atomic E-state index is 12.6. The molecule has 5 N–H and O–H groups in total. The van der Waals surface area contributed by atoms with Gasteiger partial charge in [-0.15, -0.1) is 0 Å². The van der Waals surface area contributed by atoms with E-state index in [1.54, 1.807) is 14.2 Å². The lowest BCUT2D eigenvalue weighted by molar-refractivity contribution is 0.0927. The quantitative estimate of drug-likeness (QED) is 0.146. The summed E-state index contributed by atoms with van der Waals surface area (Å²) >= 11 is 0. The summed E-state index contributed by atoms with van der Waals surface area (Å²) in [5.41, 5.74) is 3.88. The lowest BCUT2D eigenvalue weighted by atomic mass is 9.96. The van der Waals surface area contributed by atoms with Crippen LogP contribution in [0.1, 0.15) is 52.2 Å². The molecule has 258 valence electrons. The van der Waals surface area contributed by atoms with Gasteiger partial charge in [0.25, 0.3) is 11.8 Å². The molecular weight excluding hydrogens is 620 g/mol. The van der Waals surface area contributed by atoms with E-state index in [4.69, 9.17) is 9.47 Å². The van der Waals surface area contributed by atoms with E-state index in [1.165, 1.54) is 5.56 Å². The molecule has 2 amide bonds. The largest absolute Gasteiger partial charge is 0.497 e. The molecule has 0 spiro atoms. The van der Waals surface area contributed by atoms with E-state index >= 15 is 0 Å². The van der Waals surface area contributed by atoms with Crippen molar-refractivity contribution in [2.45, 2.75) is 32.2 Å². The normalized spacial score (nSPS) is 15.8. The molecule has 12 heteroatoms. The summed E-state index contributed by atoms with van der Waals surface area (Å²) in [7, 11) is 3.23. The van der Waals surface area contributed by atoms with Crippen molar-refractivity contribution in [3.05, 3.63) is 83.7 Å². The van der Waals surface area contributed by atoms with E-state index in [1.807, 2.05) is 36.4 Å².